The molecule has 0 amide bonds. The molecular weight excluding hydrogens is 164 g/mol. The number of hydrogen-bond donors (Lipinski definition) is 3. The highest BCUT2D eigenvalue weighted by Crippen LogP contribution is 2.22. The molecule has 0 aromatic rings. The molecule has 5 nitrogen and oxygen atoms in total. The molecule has 0 bridgehead atoms. The average Bonchev–Trinajstić information content (AvgIpc) is 2.32. The highest BCUT2D eigenvalue weighted by Gasteiger charge is 2.35. The average molecular weight is 174 g/mol. The second kappa shape index (κ2) is 3.12. The molecule has 0 aromatic carbocycles. The van der Waals surface area contributed by atoms with Crippen LogP contribution in [0.2, 0.25) is 0 Å². The van der Waals surface area contributed by atoms with Crippen LogP contribution >= 0.6 is 0 Å². The molecule has 5 heteroatoms. The Bertz CT molecular complexity index is 232. The molecule has 68 valence electrons. The smallest absolute Gasteiger partial charge is 0.374 e. The van der Waals surface area contributed by atoms with E-state index in [1.807, 2.05) is 0 Å². The van der Waals surface area contributed by atoms with Gasteiger partial charge in [0, 0.05) is 5.57 Å². The highest BCUT2D eigenvalue weighted by atomic mass is 16.6. The lowest BCUT2D eigenvalue weighted by Crippen LogP contribution is -2.30. The Morgan fingerprint density at radius 1 is 1.67 bits per heavy atom. The molecule has 0 fully saturated rings. The number of rotatable bonds is 2. The van der Waals surface area contributed by atoms with Gasteiger partial charge < -0.3 is 20.1 Å². The maximum absolute atomic E-state index is 10.7. The summed E-state index contributed by atoms with van der Waals surface area (Å²) in [5.74, 6) is -1.34. The summed E-state index contributed by atoms with van der Waals surface area (Å²) in [5.41, 5.74) is 0.251. The van der Waals surface area contributed by atoms with Crippen molar-refractivity contribution in [3.63, 3.8) is 0 Å². The lowest BCUT2D eigenvalue weighted by molar-refractivity contribution is -0.147. The van der Waals surface area contributed by atoms with Gasteiger partial charge in [-0.25, -0.2) is 4.79 Å². The number of aliphatic hydroxyl groups excluding tert-OH is 3. The summed E-state index contributed by atoms with van der Waals surface area (Å²) in [4.78, 5) is 10.7. The van der Waals surface area contributed by atoms with E-state index in [0.29, 0.717) is 0 Å². The van der Waals surface area contributed by atoms with Gasteiger partial charge in [0.2, 0.25) is 5.76 Å². The topological polar surface area (TPSA) is 87.0 Å². The first-order chi connectivity index (χ1) is 5.57. The number of hydrogen-bond acceptors (Lipinski definition) is 5. The normalized spacial score (nSPS) is 25.9. The van der Waals surface area contributed by atoms with Crippen LogP contribution in [0.3, 0.4) is 0 Å². The molecule has 1 aliphatic rings. The van der Waals surface area contributed by atoms with Crippen LogP contribution in [0.4, 0.5) is 0 Å². The van der Waals surface area contributed by atoms with Gasteiger partial charge in [-0.05, 0) is 6.92 Å². The van der Waals surface area contributed by atoms with E-state index in [0.717, 1.165) is 0 Å². The maximum Gasteiger partial charge on any atom is 0.374 e. The second-order valence-corrected chi connectivity index (χ2v) is 2.61. The highest BCUT2D eigenvalue weighted by molar-refractivity contribution is 5.89. The zero-order chi connectivity index (χ0) is 9.30. The molecule has 0 radical (unpaired) electrons. The summed E-state index contributed by atoms with van der Waals surface area (Å²) >= 11 is 0. The molecule has 1 heterocycles. The van der Waals surface area contributed by atoms with Crippen molar-refractivity contribution in [1.82, 2.24) is 0 Å². The van der Waals surface area contributed by atoms with Gasteiger partial charge in [0.25, 0.3) is 0 Å². The third-order valence-corrected chi connectivity index (χ3v) is 1.76. The van der Waals surface area contributed by atoms with Crippen LogP contribution in [0.5, 0.6) is 0 Å². The van der Waals surface area contributed by atoms with E-state index >= 15 is 0 Å². The fourth-order valence-corrected chi connectivity index (χ4v) is 1.02. The zero-order valence-corrected chi connectivity index (χ0v) is 6.52. The largest absolute Gasteiger partial charge is 0.502 e. The fourth-order valence-electron chi connectivity index (χ4n) is 1.02. The Balaban J connectivity index is 2.80. The molecule has 1 rings (SSSR count). The first kappa shape index (κ1) is 9.02. The van der Waals surface area contributed by atoms with Gasteiger partial charge in [-0.1, -0.05) is 0 Å². The Kier molecular flexibility index (Phi) is 2.35. The van der Waals surface area contributed by atoms with Crippen molar-refractivity contribution >= 4 is 5.97 Å². The molecule has 12 heavy (non-hydrogen) atoms. The number of esters is 1. The Labute approximate surface area is 68.9 Å². The minimum Gasteiger partial charge on any atom is -0.502 e. The molecular formula is C7H10O5. The van der Waals surface area contributed by atoms with Crippen LogP contribution < -0.4 is 0 Å². The molecule has 0 saturated carbocycles. The molecule has 1 unspecified atom stereocenters. The van der Waals surface area contributed by atoms with Crippen LogP contribution in [0.15, 0.2) is 11.3 Å². The molecule has 0 saturated heterocycles. The Morgan fingerprint density at radius 2 is 2.25 bits per heavy atom. The summed E-state index contributed by atoms with van der Waals surface area (Å²) in [7, 11) is 0. The lowest BCUT2D eigenvalue weighted by atomic mass is 10.1. The van der Waals surface area contributed by atoms with E-state index in [2.05, 4.69) is 4.74 Å². The minimum absolute atomic E-state index is 0.251. The van der Waals surface area contributed by atoms with Crippen molar-refractivity contribution in [2.75, 3.05) is 6.61 Å². The van der Waals surface area contributed by atoms with Gasteiger partial charge in [-0.3, -0.25) is 0 Å². The summed E-state index contributed by atoms with van der Waals surface area (Å²) in [6.07, 6.45) is -2.08. The van der Waals surface area contributed by atoms with Gasteiger partial charge >= 0.3 is 5.97 Å². The van der Waals surface area contributed by atoms with E-state index in [4.69, 9.17) is 15.3 Å². The van der Waals surface area contributed by atoms with Crippen LogP contribution in [0.1, 0.15) is 6.92 Å². The van der Waals surface area contributed by atoms with Crippen LogP contribution in [-0.2, 0) is 9.53 Å². The second-order valence-electron chi connectivity index (χ2n) is 2.61. The molecule has 1 aliphatic heterocycles. The quantitative estimate of drug-likeness (QED) is 0.472. The molecule has 0 aromatic heterocycles. The van der Waals surface area contributed by atoms with E-state index in [-0.39, 0.29) is 5.57 Å². The maximum atomic E-state index is 10.7. The molecule has 2 atom stereocenters. The third-order valence-electron chi connectivity index (χ3n) is 1.76. The van der Waals surface area contributed by atoms with Crippen LogP contribution in [0.25, 0.3) is 0 Å². The number of cyclic esters (lactones) is 1. The van der Waals surface area contributed by atoms with Gasteiger partial charge in [0.05, 0.1) is 6.61 Å². The van der Waals surface area contributed by atoms with E-state index in [9.17, 15) is 4.79 Å². The van der Waals surface area contributed by atoms with E-state index in [1.165, 1.54) is 6.92 Å². The van der Waals surface area contributed by atoms with E-state index in [1.54, 1.807) is 0 Å². The summed E-state index contributed by atoms with van der Waals surface area (Å²) in [5, 5.41) is 26.6. The van der Waals surface area contributed by atoms with Gasteiger partial charge in [0.1, 0.15) is 6.10 Å². The monoisotopic (exact) mass is 174 g/mol. The van der Waals surface area contributed by atoms with Crippen molar-refractivity contribution < 1.29 is 24.9 Å². The van der Waals surface area contributed by atoms with Crippen molar-refractivity contribution in [2.45, 2.75) is 19.1 Å². The predicted octanol–water partition coefficient (Wildman–Crippen LogP) is -0.903. The zero-order valence-electron chi connectivity index (χ0n) is 6.52. The standard InChI is InChI=1S/C7H10O5/c1-3-5(10)7(11)12-6(3)4(9)2-8/h4,6,8-10H,2H2,1H3/t4-,6?/m0/s1. The summed E-state index contributed by atoms with van der Waals surface area (Å²) < 4.78 is 4.57. The van der Waals surface area contributed by atoms with Crippen LogP contribution in [0, 0.1) is 0 Å². The first-order valence-electron chi connectivity index (χ1n) is 3.47. The third kappa shape index (κ3) is 1.28. The molecule has 3 N–H and O–H groups in total. The summed E-state index contributed by atoms with van der Waals surface area (Å²) in [6, 6.07) is 0. The van der Waals surface area contributed by atoms with Crippen molar-refractivity contribution in [3.05, 3.63) is 11.3 Å². The minimum atomic E-state index is -1.17. The van der Waals surface area contributed by atoms with Crippen molar-refractivity contribution in [1.29, 1.82) is 0 Å². The van der Waals surface area contributed by atoms with Gasteiger partial charge in [-0.2, -0.15) is 0 Å². The van der Waals surface area contributed by atoms with Crippen molar-refractivity contribution in [2.24, 2.45) is 0 Å². The number of carbonyl (C=O) groups is 1. The lowest BCUT2D eigenvalue weighted by Gasteiger charge is -2.15. The van der Waals surface area contributed by atoms with Gasteiger partial charge in [0.15, 0.2) is 6.10 Å². The Hall–Kier alpha value is -1.07. The van der Waals surface area contributed by atoms with Crippen molar-refractivity contribution in [3.8, 4) is 0 Å². The molecule has 0 spiro atoms. The van der Waals surface area contributed by atoms with E-state index < -0.39 is 30.5 Å². The molecule has 0 aliphatic carbocycles. The predicted molar refractivity (Wildman–Crippen MR) is 38.3 cm³/mol. The Morgan fingerprint density at radius 3 is 2.58 bits per heavy atom. The SMILES string of the molecule is CC1=C(O)C(=O)OC1[C@@H](O)CO. The van der Waals surface area contributed by atoms with Crippen LogP contribution in [-0.4, -0.2) is 40.1 Å². The summed E-state index contributed by atoms with van der Waals surface area (Å²) in [6.45, 7) is 0.951. The number of aliphatic hydroxyl groups is 3. The number of carbonyl (C=O) groups excluding carboxylic acids is 1. The van der Waals surface area contributed by atoms with Gasteiger partial charge in [-0.15, -0.1) is 0 Å². The number of ether oxygens (including phenoxy) is 1. The fraction of sp³-hybridized carbons (Fsp3) is 0.571. The first-order valence-corrected chi connectivity index (χ1v) is 3.47.